The summed E-state index contributed by atoms with van der Waals surface area (Å²) in [6, 6.07) is 4.80. The molecule has 5 heteroatoms. The van der Waals surface area contributed by atoms with Crippen LogP contribution in [0.1, 0.15) is 24.0 Å². The number of hydrogen-bond donors (Lipinski definition) is 1. The van der Waals surface area contributed by atoms with Crippen LogP contribution in [0.4, 0.5) is 0 Å². The molecule has 2 rings (SSSR count). The molecule has 1 saturated carbocycles. The average Bonchev–Trinajstić information content (AvgIpc) is 2.95. The molecule has 0 aliphatic heterocycles. The highest BCUT2D eigenvalue weighted by atomic mass is 32.2. The summed E-state index contributed by atoms with van der Waals surface area (Å²) in [5.74, 6) is -0.830. The smallest absolute Gasteiger partial charge is 0.314 e. The highest BCUT2D eigenvalue weighted by Gasteiger charge is 2.51. The summed E-state index contributed by atoms with van der Waals surface area (Å²) < 4.78 is 22.9. The number of aliphatic carboxylic acids is 1. The number of rotatable bonds is 3. The van der Waals surface area contributed by atoms with Crippen LogP contribution in [0.25, 0.3) is 0 Å². The predicted molar refractivity (Wildman–Crippen MR) is 62.8 cm³/mol. The van der Waals surface area contributed by atoms with E-state index in [1.807, 2.05) is 0 Å². The highest BCUT2D eigenvalue weighted by Crippen LogP contribution is 2.48. The van der Waals surface area contributed by atoms with E-state index in [0.717, 1.165) is 6.26 Å². The zero-order valence-corrected chi connectivity index (χ0v) is 10.5. The average molecular weight is 254 g/mol. The molecule has 1 aromatic carbocycles. The van der Waals surface area contributed by atoms with E-state index in [9.17, 15) is 13.2 Å². The molecule has 0 saturated heterocycles. The summed E-state index contributed by atoms with van der Waals surface area (Å²) in [6.45, 7) is 1.69. The van der Waals surface area contributed by atoms with Gasteiger partial charge in [-0.3, -0.25) is 4.79 Å². The lowest BCUT2D eigenvalue weighted by atomic mass is 9.95. The minimum absolute atomic E-state index is 0.266. The van der Waals surface area contributed by atoms with Crippen molar-refractivity contribution in [2.45, 2.75) is 30.1 Å². The van der Waals surface area contributed by atoms with Gasteiger partial charge in [-0.15, -0.1) is 0 Å². The van der Waals surface area contributed by atoms with Crippen molar-refractivity contribution in [2.24, 2.45) is 0 Å². The van der Waals surface area contributed by atoms with Gasteiger partial charge in [-0.05, 0) is 37.0 Å². The monoisotopic (exact) mass is 254 g/mol. The molecule has 1 aliphatic carbocycles. The zero-order valence-electron chi connectivity index (χ0n) is 9.73. The number of aryl methyl sites for hydroxylation is 1. The molecule has 0 atom stereocenters. The normalized spacial score (nSPS) is 17.8. The lowest BCUT2D eigenvalue weighted by Crippen LogP contribution is -2.19. The summed E-state index contributed by atoms with van der Waals surface area (Å²) in [6.07, 6.45) is 2.40. The second-order valence-corrected chi connectivity index (χ2v) is 6.62. The van der Waals surface area contributed by atoms with Gasteiger partial charge >= 0.3 is 5.97 Å². The SMILES string of the molecule is Cc1cc(C2(C(=O)O)CC2)ccc1S(C)(=O)=O. The molecule has 4 nitrogen and oxygen atoms in total. The van der Waals surface area contributed by atoms with Gasteiger partial charge in [0.05, 0.1) is 10.3 Å². The molecular weight excluding hydrogens is 240 g/mol. The van der Waals surface area contributed by atoms with Crippen LogP contribution < -0.4 is 0 Å². The van der Waals surface area contributed by atoms with Crippen molar-refractivity contribution in [3.8, 4) is 0 Å². The quantitative estimate of drug-likeness (QED) is 0.887. The molecule has 0 radical (unpaired) electrons. The number of carboxylic acids is 1. The number of hydrogen-bond acceptors (Lipinski definition) is 3. The maximum absolute atomic E-state index is 11.4. The van der Waals surface area contributed by atoms with E-state index in [-0.39, 0.29) is 4.90 Å². The van der Waals surface area contributed by atoms with Gasteiger partial charge in [0.2, 0.25) is 0 Å². The number of sulfone groups is 1. The van der Waals surface area contributed by atoms with Crippen LogP contribution in [0.15, 0.2) is 23.1 Å². The van der Waals surface area contributed by atoms with Gasteiger partial charge in [-0.1, -0.05) is 12.1 Å². The third kappa shape index (κ3) is 1.95. The number of carbonyl (C=O) groups is 1. The van der Waals surface area contributed by atoms with Crippen molar-refractivity contribution >= 4 is 15.8 Å². The van der Waals surface area contributed by atoms with Crippen molar-refractivity contribution in [2.75, 3.05) is 6.26 Å². The Balaban J connectivity index is 2.49. The molecule has 0 unspecified atom stereocenters. The Labute approximate surface area is 100 Å². The molecular formula is C12H14O4S. The standard InChI is InChI=1S/C12H14O4S/c1-8-7-9(12(5-6-12)11(13)14)3-4-10(8)17(2,15)16/h3-4,7H,5-6H2,1-2H3,(H,13,14). The summed E-state index contributed by atoms with van der Waals surface area (Å²) in [7, 11) is -3.24. The van der Waals surface area contributed by atoms with Crippen LogP contribution in [0.5, 0.6) is 0 Å². The van der Waals surface area contributed by atoms with Crippen LogP contribution >= 0.6 is 0 Å². The fourth-order valence-corrected chi connectivity index (χ4v) is 3.07. The third-order valence-electron chi connectivity index (χ3n) is 3.29. The first-order valence-corrected chi connectivity index (χ1v) is 7.21. The molecule has 0 amide bonds. The number of carboxylic acid groups (broad SMARTS) is 1. The Morgan fingerprint density at radius 3 is 2.29 bits per heavy atom. The predicted octanol–water partition coefficient (Wildman–Crippen LogP) is 1.51. The van der Waals surface area contributed by atoms with E-state index in [4.69, 9.17) is 5.11 Å². The fraction of sp³-hybridized carbons (Fsp3) is 0.417. The van der Waals surface area contributed by atoms with Crippen LogP contribution in [0.3, 0.4) is 0 Å². The second-order valence-electron chi connectivity index (χ2n) is 4.64. The summed E-state index contributed by atoms with van der Waals surface area (Å²) in [5, 5.41) is 9.16. The van der Waals surface area contributed by atoms with E-state index >= 15 is 0 Å². The van der Waals surface area contributed by atoms with E-state index in [2.05, 4.69) is 0 Å². The summed E-state index contributed by atoms with van der Waals surface area (Å²) >= 11 is 0. The van der Waals surface area contributed by atoms with Gasteiger partial charge in [0.15, 0.2) is 9.84 Å². The van der Waals surface area contributed by atoms with Gasteiger partial charge in [0, 0.05) is 6.26 Å². The topological polar surface area (TPSA) is 71.4 Å². The molecule has 0 aromatic heterocycles. The summed E-state index contributed by atoms with van der Waals surface area (Å²) in [4.78, 5) is 11.4. The van der Waals surface area contributed by atoms with Gasteiger partial charge in [0.1, 0.15) is 0 Å². The molecule has 1 aliphatic rings. The zero-order chi connectivity index (χ0) is 12.8. The van der Waals surface area contributed by atoms with Gasteiger partial charge < -0.3 is 5.11 Å². The van der Waals surface area contributed by atoms with Crippen LogP contribution in [0, 0.1) is 6.92 Å². The minimum atomic E-state index is -3.24. The van der Waals surface area contributed by atoms with Crippen molar-refractivity contribution in [1.29, 1.82) is 0 Å². The first kappa shape index (κ1) is 12.1. The largest absolute Gasteiger partial charge is 0.481 e. The molecule has 0 heterocycles. The van der Waals surface area contributed by atoms with Gasteiger partial charge in [0.25, 0.3) is 0 Å². The fourth-order valence-electron chi connectivity index (χ4n) is 2.11. The van der Waals surface area contributed by atoms with Crippen molar-refractivity contribution < 1.29 is 18.3 Å². The lowest BCUT2D eigenvalue weighted by Gasteiger charge is -2.12. The van der Waals surface area contributed by atoms with E-state index < -0.39 is 21.2 Å². The molecule has 1 aromatic rings. The summed E-state index contributed by atoms with van der Waals surface area (Å²) in [5.41, 5.74) is 0.535. The Hall–Kier alpha value is -1.36. The van der Waals surface area contributed by atoms with Crippen molar-refractivity contribution in [3.63, 3.8) is 0 Å². The van der Waals surface area contributed by atoms with E-state index in [0.29, 0.717) is 24.0 Å². The Morgan fingerprint density at radius 1 is 1.35 bits per heavy atom. The first-order chi connectivity index (χ1) is 7.77. The van der Waals surface area contributed by atoms with Crippen molar-refractivity contribution in [3.05, 3.63) is 29.3 Å². The first-order valence-electron chi connectivity index (χ1n) is 5.32. The third-order valence-corrected chi connectivity index (χ3v) is 4.54. The van der Waals surface area contributed by atoms with Gasteiger partial charge in [-0.25, -0.2) is 8.42 Å². The molecule has 0 spiro atoms. The molecule has 17 heavy (non-hydrogen) atoms. The second kappa shape index (κ2) is 3.57. The van der Waals surface area contributed by atoms with Crippen LogP contribution in [0.2, 0.25) is 0 Å². The Morgan fingerprint density at radius 2 is 1.94 bits per heavy atom. The maximum Gasteiger partial charge on any atom is 0.314 e. The van der Waals surface area contributed by atoms with Gasteiger partial charge in [-0.2, -0.15) is 0 Å². The Kier molecular flexibility index (Phi) is 2.54. The lowest BCUT2D eigenvalue weighted by molar-refractivity contribution is -0.140. The van der Waals surface area contributed by atoms with E-state index in [1.54, 1.807) is 19.1 Å². The van der Waals surface area contributed by atoms with Crippen molar-refractivity contribution in [1.82, 2.24) is 0 Å². The van der Waals surface area contributed by atoms with E-state index in [1.165, 1.54) is 6.07 Å². The van der Waals surface area contributed by atoms with Crippen LogP contribution in [-0.2, 0) is 20.0 Å². The molecule has 1 N–H and O–H groups in total. The van der Waals surface area contributed by atoms with Crippen LogP contribution in [-0.4, -0.2) is 25.7 Å². The number of benzene rings is 1. The molecule has 92 valence electrons. The maximum atomic E-state index is 11.4. The Bertz CT molecular complexity index is 583. The molecule has 1 fully saturated rings. The minimum Gasteiger partial charge on any atom is -0.481 e. The molecule has 0 bridgehead atoms. The highest BCUT2D eigenvalue weighted by molar-refractivity contribution is 7.90.